The van der Waals surface area contributed by atoms with Crippen molar-refractivity contribution in [3.05, 3.63) is 76.3 Å². The molecule has 1 aromatic heterocycles. The molecule has 0 spiro atoms. The van der Waals surface area contributed by atoms with Crippen molar-refractivity contribution in [3.63, 3.8) is 0 Å². The van der Waals surface area contributed by atoms with Crippen molar-refractivity contribution in [1.29, 1.82) is 0 Å². The lowest BCUT2D eigenvalue weighted by atomic mass is 10.0. The lowest BCUT2D eigenvalue weighted by molar-refractivity contribution is 0.0963. The third-order valence-electron chi connectivity index (χ3n) is 4.51. The van der Waals surface area contributed by atoms with Crippen LogP contribution in [-0.2, 0) is 6.42 Å². The highest BCUT2D eigenvalue weighted by Crippen LogP contribution is 2.28. The molecule has 0 saturated carbocycles. The predicted molar refractivity (Wildman–Crippen MR) is 114 cm³/mol. The summed E-state index contributed by atoms with van der Waals surface area (Å²) in [6.45, 7) is 1.71. The molecule has 1 heterocycles. The number of hydrogen-bond acceptors (Lipinski definition) is 5. The van der Waals surface area contributed by atoms with E-state index >= 15 is 0 Å². The topological polar surface area (TPSA) is 101 Å². The van der Waals surface area contributed by atoms with E-state index < -0.39 is 5.91 Å². The first-order valence-electron chi connectivity index (χ1n) is 9.27. The molecule has 0 aliphatic heterocycles. The maximum atomic E-state index is 12.6. The number of Topliss-reactive ketones (excluding diaryl/α,β-unsaturated/α-hetero) is 2. The average molecular weight is 426 g/mol. The Labute approximate surface area is 178 Å². The zero-order valence-corrected chi connectivity index (χ0v) is 17.2. The number of halogens is 1. The van der Waals surface area contributed by atoms with E-state index in [0.29, 0.717) is 17.0 Å². The summed E-state index contributed by atoms with van der Waals surface area (Å²) in [5, 5.41) is 3.00. The van der Waals surface area contributed by atoms with E-state index in [1.165, 1.54) is 13.4 Å². The quantitative estimate of drug-likeness (QED) is 0.523. The number of aromatic amines is 1. The Hall–Kier alpha value is -3.45. The molecule has 0 saturated heterocycles. The Kier molecular flexibility index (Phi) is 6.64. The lowest BCUT2D eigenvalue weighted by Crippen LogP contribution is -2.16. The summed E-state index contributed by atoms with van der Waals surface area (Å²) >= 11 is 6.22. The number of nitrogens with zero attached hydrogens (tertiary/aromatic N) is 1. The van der Waals surface area contributed by atoms with Gasteiger partial charge in [0, 0.05) is 24.1 Å². The highest BCUT2D eigenvalue weighted by atomic mass is 35.5. The van der Waals surface area contributed by atoms with Crippen LogP contribution in [0.4, 0.5) is 5.69 Å². The number of carbonyl (C=O) groups is 3. The monoisotopic (exact) mass is 425 g/mol. The number of carbonyl (C=O) groups excluding carboxylic acids is 3. The fourth-order valence-corrected chi connectivity index (χ4v) is 3.22. The van der Waals surface area contributed by atoms with E-state index in [1.54, 1.807) is 49.4 Å². The van der Waals surface area contributed by atoms with Crippen molar-refractivity contribution in [1.82, 2.24) is 9.97 Å². The summed E-state index contributed by atoms with van der Waals surface area (Å²) in [5.74, 6) is -0.376. The summed E-state index contributed by atoms with van der Waals surface area (Å²) in [5.41, 5.74) is 1.92. The minimum Gasteiger partial charge on any atom is -0.495 e. The Morgan fingerprint density at radius 1 is 1.10 bits per heavy atom. The SMILES string of the molecule is CCC(=O)c1nc[nH]c1C(=O)Nc1ccc(CC(=O)c2cccc(OC)c2Cl)cc1. The summed E-state index contributed by atoms with van der Waals surface area (Å²) in [7, 11) is 1.49. The number of ether oxygens (including phenoxy) is 1. The summed E-state index contributed by atoms with van der Waals surface area (Å²) in [6.07, 6.45) is 1.72. The van der Waals surface area contributed by atoms with Gasteiger partial charge in [0.15, 0.2) is 11.6 Å². The van der Waals surface area contributed by atoms with Crippen molar-refractivity contribution in [2.24, 2.45) is 0 Å². The normalized spacial score (nSPS) is 10.5. The van der Waals surface area contributed by atoms with Crippen molar-refractivity contribution in [2.75, 3.05) is 12.4 Å². The minimum atomic E-state index is -0.462. The lowest BCUT2D eigenvalue weighted by Gasteiger charge is -2.09. The maximum Gasteiger partial charge on any atom is 0.274 e. The first kappa shape index (κ1) is 21.3. The molecule has 0 aliphatic carbocycles. The summed E-state index contributed by atoms with van der Waals surface area (Å²) < 4.78 is 5.15. The Morgan fingerprint density at radius 2 is 1.83 bits per heavy atom. The van der Waals surface area contributed by atoms with Crippen molar-refractivity contribution in [3.8, 4) is 5.75 Å². The molecule has 2 N–H and O–H groups in total. The van der Waals surface area contributed by atoms with Crippen molar-refractivity contribution < 1.29 is 19.1 Å². The van der Waals surface area contributed by atoms with Gasteiger partial charge in [-0.05, 0) is 29.8 Å². The van der Waals surface area contributed by atoms with E-state index in [9.17, 15) is 14.4 Å². The van der Waals surface area contributed by atoms with E-state index in [1.807, 2.05) is 0 Å². The van der Waals surface area contributed by atoms with E-state index in [-0.39, 0.29) is 40.8 Å². The zero-order valence-electron chi connectivity index (χ0n) is 16.5. The van der Waals surface area contributed by atoms with Gasteiger partial charge in [0.25, 0.3) is 5.91 Å². The summed E-state index contributed by atoms with van der Waals surface area (Å²) in [4.78, 5) is 43.5. The first-order chi connectivity index (χ1) is 14.4. The van der Waals surface area contributed by atoms with Gasteiger partial charge in [-0.25, -0.2) is 4.98 Å². The number of imidazole rings is 1. The molecular weight excluding hydrogens is 406 g/mol. The fraction of sp³-hybridized carbons (Fsp3) is 0.182. The van der Waals surface area contributed by atoms with Gasteiger partial charge < -0.3 is 15.0 Å². The van der Waals surface area contributed by atoms with Gasteiger partial charge in [0.05, 0.1) is 18.5 Å². The van der Waals surface area contributed by atoms with E-state index in [0.717, 1.165) is 5.56 Å². The molecule has 3 aromatic rings. The third kappa shape index (κ3) is 4.58. The first-order valence-corrected chi connectivity index (χ1v) is 9.65. The van der Waals surface area contributed by atoms with Gasteiger partial charge in [-0.2, -0.15) is 0 Å². The van der Waals surface area contributed by atoms with Gasteiger partial charge in [0.2, 0.25) is 0 Å². The van der Waals surface area contributed by atoms with Crippen LogP contribution in [0, 0.1) is 0 Å². The third-order valence-corrected chi connectivity index (χ3v) is 4.90. The number of hydrogen-bond donors (Lipinski definition) is 2. The number of ketones is 2. The van der Waals surface area contributed by atoms with Crippen molar-refractivity contribution >= 4 is 34.8 Å². The van der Waals surface area contributed by atoms with E-state index in [4.69, 9.17) is 16.3 Å². The molecule has 3 rings (SSSR count). The molecule has 0 atom stereocenters. The number of aromatic nitrogens is 2. The minimum absolute atomic E-state index is 0.118. The second-order valence-electron chi connectivity index (χ2n) is 6.48. The number of amides is 1. The number of H-pyrrole nitrogens is 1. The van der Waals surface area contributed by atoms with Crippen LogP contribution in [-0.4, -0.2) is 34.6 Å². The second-order valence-corrected chi connectivity index (χ2v) is 6.85. The smallest absolute Gasteiger partial charge is 0.274 e. The molecule has 1 amide bonds. The maximum absolute atomic E-state index is 12.6. The van der Waals surface area contributed by atoms with Crippen LogP contribution in [0.15, 0.2) is 48.8 Å². The number of benzene rings is 2. The molecule has 7 nitrogen and oxygen atoms in total. The largest absolute Gasteiger partial charge is 0.495 e. The average Bonchev–Trinajstić information content (AvgIpc) is 3.25. The zero-order chi connectivity index (χ0) is 21.7. The highest BCUT2D eigenvalue weighted by molar-refractivity contribution is 6.35. The molecular formula is C22H20ClN3O4. The number of anilines is 1. The standard InChI is InChI=1S/C22H20ClN3O4/c1-3-16(27)20-21(25-12-24-20)22(29)26-14-9-7-13(8-10-14)11-17(28)15-5-4-6-18(30-2)19(15)23/h4-10,12H,3,11H2,1-2H3,(H,24,25)(H,26,29). The fourth-order valence-electron chi connectivity index (χ4n) is 2.91. The van der Waals surface area contributed by atoms with Crippen LogP contribution >= 0.6 is 11.6 Å². The molecule has 0 aliphatic rings. The molecule has 0 fully saturated rings. The van der Waals surface area contributed by atoms with Crippen LogP contribution in [0.5, 0.6) is 5.75 Å². The van der Waals surface area contributed by atoms with E-state index in [2.05, 4.69) is 15.3 Å². The Morgan fingerprint density at radius 3 is 2.50 bits per heavy atom. The van der Waals surface area contributed by atoms with Crippen molar-refractivity contribution in [2.45, 2.75) is 19.8 Å². The van der Waals surface area contributed by atoms with Gasteiger partial charge in [-0.1, -0.05) is 36.7 Å². The van der Waals surface area contributed by atoms with Gasteiger partial charge >= 0.3 is 0 Å². The van der Waals surface area contributed by atoms with Gasteiger partial charge in [-0.3, -0.25) is 14.4 Å². The molecule has 0 bridgehead atoms. The Balaban J connectivity index is 1.68. The second kappa shape index (κ2) is 9.37. The van der Waals surface area contributed by atoms with Gasteiger partial charge in [-0.15, -0.1) is 0 Å². The van der Waals surface area contributed by atoms with Crippen LogP contribution in [0.25, 0.3) is 0 Å². The number of methoxy groups -OCH3 is 1. The van der Waals surface area contributed by atoms with Gasteiger partial charge in [0.1, 0.15) is 17.1 Å². The summed E-state index contributed by atoms with van der Waals surface area (Å²) in [6, 6.07) is 11.9. The number of rotatable bonds is 8. The molecule has 2 aromatic carbocycles. The molecule has 154 valence electrons. The van der Waals surface area contributed by atoms with Crippen LogP contribution in [0.3, 0.4) is 0 Å². The Bertz CT molecular complexity index is 1090. The van der Waals surface area contributed by atoms with Crippen LogP contribution in [0.1, 0.15) is 50.2 Å². The van der Waals surface area contributed by atoms with Crippen LogP contribution < -0.4 is 10.1 Å². The molecule has 0 unspecified atom stereocenters. The van der Waals surface area contributed by atoms with Crippen LogP contribution in [0.2, 0.25) is 5.02 Å². The molecule has 30 heavy (non-hydrogen) atoms. The predicted octanol–water partition coefficient (Wildman–Crippen LogP) is 4.34. The molecule has 0 radical (unpaired) electrons. The highest BCUT2D eigenvalue weighted by Gasteiger charge is 2.19. The molecule has 8 heteroatoms. The number of nitrogens with one attached hydrogen (secondary N) is 2.